The summed E-state index contributed by atoms with van der Waals surface area (Å²) in [4.78, 5) is 23.7. The summed E-state index contributed by atoms with van der Waals surface area (Å²) in [5.41, 5.74) is 3.59. The van der Waals surface area contributed by atoms with E-state index in [0.717, 1.165) is 32.1 Å². The van der Waals surface area contributed by atoms with Gasteiger partial charge in [-0.15, -0.1) is 0 Å². The fourth-order valence-electron chi connectivity index (χ4n) is 5.63. The molecule has 2 aliphatic carbocycles. The molecule has 0 aromatic heterocycles. The third-order valence-corrected chi connectivity index (χ3v) is 7.13. The van der Waals surface area contributed by atoms with Crippen LogP contribution in [0.1, 0.15) is 76.0 Å². The predicted octanol–water partition coefficient (Wildman–Crippen LogP) is 4.54. The van der Waals surface area contributed by atoms with Gasteiger partial charge in [-0.2, -0.15) is 0 Å². The first-order valence-electron chi connectivity index (χ1n) is 10.1. The molecule has 0 N–H and O–H groups in total. The highest BCUT2D eigenvalue weighted by Gasteiger charge is 2.55. The van der Waals surface area contributed by atoms with Crippen LogP contribution >= 0.6 is 0 Å². The minimum absolute atomic E-state index is 0.00637. The molecule has 1 aromatic carbocycles. The molecule has 4 heteroatoms. The van der Waals surface area contributed by atoms with Crippen LogP contribution in [0, 0.1) is 11.3 Å². The van der Waals surface area contributed by atoms with Gasteiger partial charge in [-0.05, 0) is 60.6 Å². The Morgan fingerprint density at radius 1 is 1.26 bits per heavy atom. The number of fused-ring (bicyclic) bond motifs is 3. The van der Waals surface area contributed by atoms with Crippen molar-refractivity contribution in [2.24, 2.45) is 11.3 Å². The lowest BCUT2D eigenvalue weighted by Gasteiger charge is -2.54. The SMILES string of the molecule is COC(=O)C1(C)CCCC2(C)c3ccc(C(C)COC(C)=O)cc3CCC12. The molecular formula is C23H32O4. The highest BCUT2D eigenvalue weighted by molar-refractivity contribution is 5.77. The summed E-state index contributed by atoms with van der Waals surface area (Å²) < 4.78 is 10.4. The van der Waals surface area contributed by atoms with E-state index < -0.39 is 5.41 Å². The zero-order chi connectivity index (χ0) is 19.8. The Bertz CT molecular complexity index is 740. The van der Waals surface area contributed by atoms with E-state index in [0.29, 0.717) is 12.5 Å². The molecule has 0 amide bonds. The number of carbonyl (C=O) groups is 2. The summed E-state index contributed by atoms with van der Waals surface area (Å²) in [6, 6.07) is 6.71. The molecule has 0 radical (unpaired) electrons. The summed E-state index contributed by atoms with van der Waals surface area (Å²) in [7, 11) is 1.51. The molecule has 4 atom stereocenters. The second kappa shape index (κ2) is 7.29. The van der Waals surface area contributed by atoms with Crippen molar-refractivity contribution < 1.29 is 19.1 Å². The van der Waals surface area contributed by atoms with Crippen LogP contribution in [0.15, 0.2) is 18.2 Å². The van der Waals surface area contributed by atoms with E-state index in [1.165, 1.54) is 30.7 Å². The summed E-state index contributed by atoms with van der Waals surface area (Å²) in [6.07, 6.45) is 5.06. The van der Waals surface area contributed by atoms with Gasteiger partial charge in [0.2, 0.25) is 0 Å². The molecule has 1 fully saturated rings. The van der Waals surface area contributed by atoms with Gasteiger partial charge in [0.25, 0.3) is 0 Å². The van der Waals surface area contributed by atoms with E-state index >= 15 is 0 Å². The number of rotatable bonds is 4. The first kappa shape index (κ1) is 19.9. The second-order valence-corrected chi connectivity index (χ2v) is 8.89. The molecule has 1 saturated carbocycles. The van der Waals surface area contributed by atoms with Crippen molar-refractivity contribution in [1.82, 2.24) is 0 Å². The molecule has 0 aliphatic heterocycles. The zero-order valence-electron chi connectivity index (χ0n) is 17.3. The largest absolute Gasteiger partial charge is 0.469 e. The van der Waals surface area contributed by atoms with Crippen LogP contribution in [0.2, 0.25) is 0 Å². The smallest absolute Gasteiger partial charge is 0.311 e. The number of aryl methyl sites for hydroxylation is 1. The van der Waals surface area contributed by atoms with Gasteiger partial charge in [-0.3, -0.25) is 9.59 Å². The standard InChI is InChI=1S/C23H32O4/c1-15(14-27-16(2)24)17-7-9-19-18(13-17)8-10-20-22(19,3)11-6-12-23(20,4)21(25)26-5/h7,9,13,15,20H,6,8,10-12,14H2,1-5H3. The Morgan fingerprint density at radius 3 is 2.67 bits per heavy atom. The van der Waals surface area contributed by atoms with Gasteiger partial charge in [0, 0.05) is 12.8 Å². The molecule has 4 unspecified atom stereocenters. The van der Waals surface area contributed by atoms with Crippen LogP contribution in [-0.4, -0.2) is 25.7 Å². The molecule has 0 spiro atoms. The van der Waals surface area contributed by atoms with E-state index in [1.54, 1.807) is 0 Å². The van der Waals surface area contributed by atoms with Crippen molar-refractivity contribution >= 4 is 11.9 Å². The van der Waals surface area contributed by atoms with Crippen LogP contribution < -0.4 is 0 Å². The summed E-state index contributed by atoms with van der Waals surface area (Å²) in [6.45, 7) is 8.38. The number of esters is 2. The molecule has 1 aromatic rings. The molecule has 0 bridgehead atoms. The monoisotopic (exact) mass is 372 g/mol. The van der Waals surface area contributed by atoms with Gasteiger partial charge in [0.05, 0.1) is 19.1 Å². The summed E-state index contributed by atoms with van der Waals surface area (Å²) in [5, 5.41) is 0. The van der Waals surface area contributed by atoms with Crippen molar-refractivity contribution in [1.29, 1.82) is 0 Å². The lowest BCUT2D eigenvalue weighted by atomic mass is 9.49. The van der Waals surface area contributed by atoms with Crippen LogP contribution in [0.25, 0.3) is 0 Å². The predicted molar refractivity (Wildman–Crippen MR) is 105 cm³/mol. The third-order valence-electron chi connectivity index (χ3n) is 7.13. The minimum atomic E-state index is -0.402. The van der Waals surface area contributed by atoms with Gasteiger partial charge < -0.3 is 9.47 Å². The Morgan fingerprint density at radius 2 is 2.00 bits per heavy atom. The molecule has 3 rings (SSSR count). The first-order valence-corrected chi connectivity index (χ1v) is 10.1. The van der Waals surface area contributed by atoms with Crippen LogP contribution in [-0.2, 0) is 30.9 Å². The number of benzene rings is 1. The van der Waals surface area contributed by atoms with Crippen LogP contribution in [0.5, 0.6) is 0 Å². The number of ether oxygens (including phenoxy) is 2. The van der Waals surface area contributed by atoms with Gasteiger partial charge in [0.1, 0.15) is 0 Å². The van der Waals surface area contributed by atoms with E-state index in [9.17, 15) is 9.59 Å². The fraction of sp³-hybridized carbons (Fsp3) is 0.652. The third kappa shape index (κ3) is 3.39. The van der Waals surface area contributed by atoms with Crippen molar-refractivity contribution in [3.8, 4) is 0 Å². The maximum atomic E-state index is 12.6. The van der Waals surface area contributed by atoms with E-state index in [-0.39, 0.29) is 23.3 Å². The average Bonchev–Trinajstić information content (AvgIpc) is 2.64. The topological polar surface area (TPSA) is 52.6 Å². The van der Waals surface area contributed by atoms with E-state index in [1.807, 2.05) is 0 Å². The average molecular weight is 373 g/mol. The van der Waals surface area contributed by atoms with Crippen molar-refractivity contribution in [3.63, 3.8) is 0 Å². The maximum absolute atomic E-state index is 12.6. The number of carbonyl (C=O) groups excluding carboxylic acids is 2. The molecule has 4 nitrogen and oxygen atoms in total. The maximum Gasteiger partial charge on any atom is 0.311 e. The molecule has 0 heterocycles. The summed E-state index contributed by atoms with van der Waals surface area (Å²) >= 11 is 0. The first-order chi connectivity index (χ1) is 12.7. The van der Waals surface area contributed by atoms with Crippen molar-refractivity contribution in [3.05, 3.63) is 34.9 Å². The zero-order valence-corrected chi connectivity index (χ0v) is 17.3. The second-order valence-electron chi connectivity index (χ2n) is 8.89. The molecular weight excluding hydrogens is 340 g/mol. The summed E-state index contributed by atoms with van der Waals surface area (Å²) in [5.74, 6) is 0.187. The normalized spacial score (nSPS) is 30.6. The van der Waals surface area contributed by atoms with Gasteiger partial charge in [-0.1, -0.05) is 38.5 Å². The lowest BCUT2D eigenvalue weighted by Crippen LogP contribution is -2.52. The Balaban J connectivity index is 1.92. The molecule has 2 aliphatic rings. The van der Waals surface area contributed by atoms with Crippen molar-refractivity contribution in [2.75, 3.05) is 13.7 Å². The number of methoxy groups -OCH3 is 1. The van der Waals surface area contributed by atoms with Gasteiger partial charge in [0.15, 0.2) is 0 Å². The molecule has 148 valence electrons. The highest BCUT2D eigenvalue weighted by Crippen LogP contribution is 2.57. The fourth-order valence-corrected chi connectivity index (χ4v) is 5.63. The molecule has 27 heavy (non-hydrogen) atoms. The van der Waals surface area contributed by atoms with E-state index in [2.05, 4.69) is 39.0 Å². The van der Waals surface area contributed by atoms with Gasteiger partial charge in [-0.25, -0.2) is 0 Å². The van der Waals surface area contributed by atoms with Crippen LogP contribution in [0.4, 0.5) is 0 Å². The van der Waals surface area contributed by atoms with Crippen molar-refractivity contribution in [2.45, 2.75) is 71.1 Å². The quantitative estimate of drug-likeness (QED) is 0.728. The highest BCUT2D eigenvalue weighted by atomic mass is 16.5. The van der Waals surface area contributed by atoms with Gasteiger partial charge >= 0.3 is 11.9 Å². The number of hydrogen-bond acceptors (Lipinski definition) is 4. The van der Waals surface area contributed by atoms with Crippen LogP contribution in [0.3, 0.4) is 0 Å². The lowest BCUT2D eigenvalue weighted by molar-refractivity contribution is -0.161. The van der Waals surface area contributed by atoms with E-state index in [4.69, 9.17) is 9.47 Å². The molecule has 0 saturated heterocycles. The Hall–Kier alpha value is -1.84. The number of hydrogen-bond donors (Lipinski definition) is 0. The Labute approximate surface area is 162 Å². The minimum Gasteiger partial charge on any atom is -0.469 e. The Kier molecular flexibility index (Phi) is 5.38.